The standard InChI is InChI=1S/C11H20O2.C8H16O2/c1-5-6-10(2)7-8-11(9-10,12-3)13-4;1-7-4-5-8(6-7,9-2)10-3/h5H,1,6-9H2,2-4H3;7H,4-6H2,1-3H3. The van der Waals surface area contributed by atoms with E-state index in [2.05, 4.69) is 20.4 Å². The van der Waals surface area contributed by atoms with E-state index in [9.17, 15) is 0 Å². The van der Waals surface area contributed by atoms with Gasteiger partial charge in [0.1, 0.15) is 0 Å². The Hall–Kier alpha value is -0.420. The van der Waals surface area contributed by atoms with Gasteiger partial charge in [-0.2, -0.15) is 0 Å². The van der Waals surface area contributed by atoms with Crippen molar-refractivity contribution in [1.29, 1.82) is 0 Å². The highest BCUT2D eigenvalue weighted by Gasteiger charge is 2.45. The Morgan fingerprint density at radius 3 is 1.83 bits per heavy atom. The Balaban J connectivity index is 0.000000238. The topological polar surface area (TPSA) is 36.9 Å². The molecule has 0 bridgehead atoms. The fourth-order valence-electron chi connectivity index (χ4n) is 3.93. The highest BCUT2D eigenvalue weighted by atomic mass is 16.7. The second-order valence-electron chi connectivity index (χ2n) is 7.47. The van der Waals surface area contributed by atoms with Gasteiger partial charge < -0.3 is 18.9 Å². The van der Waals surface area contributed by atoms with Crippen LogP contribution in [0.4, 0.5) is 0 Å². The minimum atomic E-state index is -0.336. The van der Waals surface area contributed by atoms with Crippen LogP contribution in [0.2, 0.25) is 0 Å². The van der Waals surface area contributed by atoms with Crippen molar-refractivity contribution in [3.8, 4) is 0 Å². The van der Waals surface area contributed by atoms with Crippen molar-refractivity contribution in [2.45, 2.75) is 70.4 Å². The largest absolute Gasteiger partial charge is 0.353 e. The Labute approximate surface area is 142 Å². The van der Waals surface area contributed by atoms with Crippen LogP contribution >= 0.6 is 0 Å². The van der Waals surface area contributed by atoms with Crippen LogP contribution < -0.4 is 0 Å². The molecular weight excluding hydrogens is 292 g/mol. The third kappa shape index (κ3) is 5.28. The summed E-state index contributed by atoms with van der Waals surface area (Å²) < 4.78 is 21.5. The normalized spacial score (nSPS) is 31.5. The lowest BCUT2D eigenvalue weighted by atomic mass is 9.85. The third-order valence-electron chi connectivity index (χ3n) is 5.61. The van der Waals surface area contributed by atoms with E-state index in [1.165, 1.54) is 6.42 Å². The van der Waals surface area contributed by atoms with Gasteiger partial charge in [-0.25, -0.2) is 0 Å². The van der Waals surface area contributed by atoms with Gasteiger partial charge in [-0.1, -0.05) is 19.9 Å². The second kappa shape index (κ2) is 8.61. The van der Waals surface area contributed by atoms with Crippen LogP contribution in [0.3, 0.4) is 0 Å². The van der Waals surface area contributed by atoms with E-state index in [0.29, 0.717) is 5.41 Å². The Morgan fingerprint density at radius 2 is 1.52 bits per heavy atom. The molecule has 0 spiro atoms. The molecule has 2 atom stereocenters. The van der Waals surface area contributed by atoms with E-state index >= 15 is 0 Å². The zero-order valence-electron chi connectivity index (χ0n) is 15.9. The predicted molar refractivity (Wildman–Crippen MR) is 93.3 cm³/mol. The molecule has 0 aromatic rings. The fourth-order valence-corrected chi connectivity index (χ4v) is 3.93. The first-order valence-electron chi connectivity index (χ1n) is 8.63. The number of ether oxygens (including phenoxy) is 4. The molecule has 2 aliphatic rings. The minimum Gasteiger partial charge on any atom is -0.353 e. The molecule has 2 saturated carbocycles. The maximum absolute atomic E-state index is 5.43. The average molecular weight is 328 g/mol. The van der Waals surface area contributed by atoms with Crippen molar-refractivity contribution in [2.75, 3.05) is 28.4 Å². The molecule has 4 heteroatoms. The molecule has 4 nitrogen and oxygen atoms in total. The van der Waals surface area contributed by atoms with Crippen molar-refractivity contribution >= 4 is 0 Å². The van der Waals surface area contributed by atoms with E-state index in [1.807, 2.05) is 6.08 Å². The first kappa shape index (κ1) is 20.6. The van der Waals surface area contributed by atoms with Crippen LogP contribution in [0, 0.1) is 11.3 Å². The maximum Gasteiger partial charge on any atom is 0.168 e. The molecule has 0 radical (unpaired) electrons. The molecule has 0 aromatic carbocycles. The van der Waals surface area contributed by atoms with Gasteiger partial charge in [-0.15, -0.1) is 6.58 Å². The van der Waals surface area contributed by atoms with Gasteiger partial charge in [0, 0.05) is 54.1 Å². The van der Waals surface area contributed by atoms with E-state index in [4.69, 9.17) is 18.9 Å². The van der Waals surface area contributed by atoms with Gasteiger partial charge in [-0.3, -0.25) is 0 Å². The highest BCUT2D eigenvalue weighted by molar-refractivity contribution is 4.95. The summed E-state index contributed by atoms with van der Waals surface area (Å²) in [4.78, 5) is 0. The number of rotatable bonds is 6. The van der Waals surface area contributed by atoms with Crippen molar-refractivity contribution < 1.29 is 18.9 Å². The van der Waals surface area contributed by atoms with Gasteiger partial charge in [0.05, 0.1) is 0 Å². The molecular formula is C19H36O4. The summed E-state index contributed by atoms with van der Waals surface area (Å²) in [5.74, 6) is 0.164. The van der Waals surface area contributed by atoms with Gasteiger partial charge in [0.2, 0.25) is 0 Å². The summed E-state index contributed by atoms with van der Waals surface area (Å²) in [6.45, 7) is 8.30. The fraction of sp³-hybridized carbons (Fsp3) is 0.895. The monoisotopic (exact) mass is 328 g/mol. The van der Waals surface area contributed by atoms with Crippen LogP contribution in [-0.4, -0.2) is 40.0 Å². The summed E-state index contributed by atoms with van der Waals surface area (Å²) in [5.41, 5.74) is 0.313. The zero-order valence-corrected chi connectivity index (χ0v) is 15.9. The molecule has 2 rings (SSSR count). The Bertz CT molecular complexity index is 360. The first-order valence-corrected chi connectivity index (χ1v) is 8.63. The lowest BCUT2D eigenvalue weighted by Gasteiger charge is -2.29. The molecule has 0 amide bonds. The molecule has 136 valence electrons. The quantitative estimate of drug-likeness (QED) is 0.530. The van der Waals surface area contributed by atoms with Crippen molar-refractivity contribution in [1.82, 2.24) is 0 Å². The molecule has 0 aromatic heterocycles. The molecule has 2 unspecified atom stereocenters. The molecule has 2 fully saturated rings. The minimum absolute atomic E-state index is 0.251. The smallest absolute Gasteiger partial charge is 0.168 e. The first-order chi connectivity index (χ1) is 10.8. The van der Waals surface area contributed by atoms with Gasteiger partial charge in [-0.05, 0) is 30.6 Å². The van der Waals surface area contributed by atoms with Crippen molar-refractivity contribution in [3.05, 3.63) is 12.7 Å². The average Bonchev–Trinajstić information content (AvgIpc) is 3.10. The van der Waals surface area contributed by atoms with E-state index in [0.717, 1.165) is 44.4 Å². The maximum atomic E-state index is 5.43. The number of hydrogen-bond donors (Lipinski definition) is 0. The van der Waals surface area contributed by atoms with Gasteiger partial charge >= 0.3 is 0 Å². The second-order valence-corrected chi connectivity index (χ2v) is 7.47. The highest BCUT2D eigenvalue weighted by Crippen LogP contribution is 2.48. The van der Waals surface area contributed by atoms with Crippen LogP contribution in [0.15, 0.2) is 12.7 Å². The van der Waals surface area contributed by atoms with Crippen molar-refractivity contribution in [2.24, 2.45) is 11.3 Å². The summed E-state index contributed by atoms with van der Waals surface area (Å²) in [6, 6.07) is 0. The van der Waals surface area contributed by atoms with Gasteiger partial charge in [0.15, 0.2) is 11.6 Å². The SMILES string of the molecule is C=CCC1(C)CCC(OC)(OC)C1.COC1(OC)CCC(C)C1. The molecule has 0 heterocycles. The third-order valence-corrected chi connectivity index (χ3v) is 5.61. The number of allylic oxidation sites excluding steroid dienone is 1. The lowest BCUT2D eigenvalue weighted by molar-refractivity contribution is -0.205. The van der Waals surface area contributed by atoms with Crippen LogP contribution in [-0.2, 0) is 18.9 Å². The Morgan fingerprint density at radius 1 is 0.957 bits per heavy atom. The zero-order chi connectivity index (χ0) is 17.6. The molecule has 23 heavy (non-hydrogen) atoms. The summed E-state index contributed by atoms with van der Waals surface area (Å²) >= 11 is 0. The Kier molecular flexibility index (Phi) is 7.72. The van der Waals surface area contributed by atoms with Crippen molar-refractivity contribution in [3.63, 3.8) is 0 Å². The molecule has 0 saturated heterocycles. The van der Waals surface area contributed by atoms with E-state index < -0.39 is 0 Å². The van der Waals surface area contributed by atoms with E-state index in [-0.39, 0.29) is 11.6 Å². The molecule has 2 aliphatic carbocycles. The summed E-state index contributed by atoms with van der Waals surface area (Å²) in [5, 5.41) is 0. The van der Waals surface area contributed by atoms with Crippen LogP contribution in [0.25, 0.3) is 0 Å². The molecule has 0 aliphatic heterocycles. The lowest BCUT2D eigenvalue weighted by Crippen LogP contribution is -2.31. The molecule has 0 N–H and O–H groups in total. The summed E-state index contributed by atoms with van der Waals surface area (Å²) in [7, 11) is 6.90. The number of hydrogen-bond acceptors (Lipinski definition) is 4. The van der Waals surface area contributed by atoms with Crippen LogP contribution in [0.1, 0.15) is 58.8 Å². The number of methoxy groups -OCH3 is 4. The van der Waals surface area contributed by atoms with Crippen LogP contribution in [0.5, 0.6) is 0 Å². The van der Waals surface area contributed by atoms with Gasteiger partial charge in [0.25, 0.3) is 0 Å². The summed E-state index contributed by atoms with van der Waals surface area (Å²) in [6.07, 6.45) is 9.45. The predicted octanol–water partition coefficient (Wildman–Crippen LogP) is 4.54. The van der Waals surface area contributed by atoms with E-state index in [1.54, 1.807) is 28.4 Å².